The van der Waals surface area contributed by atoms with Crippen LogP contribution in [0.25, 0.3) is 0 Å². The zero-order chi connectivity index (χ0) is 10.7. The molecule has 76 valence electrons. The van der Waals surface area contributed by atoms with E-state index in [-0.39, 0.29) is 5.69 Å². The first-order valence-corrected chi connectivity index (χ1v) is 3.80. The summed E-state index contributed by atoms with van der Waals surface area (Å²) in [7, 11) is 0. The van der Waals surface area contributed by atoms with Gasteiger partial charge in [-0.05, 0) is 12.1 Å². The molecule has 0 aliphatic heterocycles. The van der Waals surface area contributed by atoms with Crippen LogP contribution in [0.2, 0.25) is 0 Å². The number of hydrogen-bond acceptors (Lipinski definition) is 4. The minimum absolute atomic E-state index is 0.0000926. The SMILES string of the molecule is N[C@@H](c1cc(F)ccn1)[C@@H](O)C(=O)O. The lowest BCUT2D eigenvalue weighted by atomic mass is 10.1. The lowest BCUT2D eigenvalue weighted by molar-refractivity contribution is -0.147. The van der Waals surface area contributed by atoms with E-state index < -0.39 is 23.9 Å². The van der Waals surface area contributed by atoms with E-state index in [2.05, 4.69) is 4.98 Å². The number of halogens is 1. The van der Waals surface area contributed by atoms with Gasteiger partial charge in [0.2, 0.25) is 0 Å². The number of carbonyl (C=O) groups is 1. The number of carboxylic acid groups (broad SMARTS) is 1. The molecule has 0 bridgehead atoms. The molecular formula is C8H9FN2O3. The van der Waals surface area contributed by atoms with Crippen LogP contribution in [-0.4, -0.2) is 27.3 Å². The summed E-state index contributed by atoms with van der Waals surface area (Å²) < 4.78 is 12.7. The van der Waals surface area contributed by atoms with Gasteiger partial charge in [-0.3, -0.25) is 4.98 Å². The maximum Gasteiger partial charge on any atom is 0.334 e. The normalized spacial score (nSPS) is 14.8. The van der Waals surface area contributed by atoms with Crippen molar-refractivity contribution in [2.75, 3.05) is 0 Å². The summed E-state index contributed by atoms with van der Waals surface area (Å²) in [5.74, 6) is -2.05. The molecule has 0 aliphatic carbocycles. The predicted octanol–water partition coefficient (Wildman–Crippen LogP) is -0.334. The molecule has 0 spiro atoms. The molecule has 1 aromatic rings. The average Bonchev–Trinajstić information content (AvgIpc) is 2.15. The fraction of sp³-hybridized carbons (Fsp3) is 0.250. The third-order valence-electron chi connectivity index (χ3n) is 1.68. The Bertz CT molecular complexity index is 345. The van der Waals surface area contributed by atoms with Crippen LogP contribution in [0, 0.1) is 5.82 Å². The van der Waals surface area contributed by atoms with Crippen LogP contribution in [0.1, 0.15) is 11.7 Å². The van der Waals surface area contributed by atoms with Crippen LogP contribution in [0.5, 0.6) is 0 Å². The van der Waals surface area contributed by atoms with Gasteiger partial charge in [0.15, 0.2) is 6.10 Å². The van der Waals surface area contributed by atoms with E-state index >= 15 is 0 Å². The van der Waals surface area contributed by atoms with E-state index in [9.17, 15) is 9.18 Å². The smallest absolute Gasteiger partial charge is 0.334 e. The van der Waals surface area contributed by atoms with Crippen molar-refractivity contribution >= 4 is 5.97 Å². The standard InChI is InChI=1S/C8H9FN2O3/c9-4-1-2-11-5(3-4)6(10)7(12)8(13)14/h1-3,6-7,12H,10H2,(H,13,14)/t6-,7+/m0/s1. The summed E-state index contributed by atoms with van der Waals surface area (Å²) in [6.45, 7) is 0. The van der Waals surface area contributed by atoms with Crippen LogP contribution in [0.4, 0.5) is 4.39 Å². The van der Waals surface area contributed by atoms with Crippen molar-refractivity contribution in [3.05, 3.63) is 29.8 Å². The van der Waals surface area contributed by atoms with Crippen LogP contribution < -0.4 is 5.73 Å². The highest BCUT2D eigenvalue weighted by Crippen LogP contribution is 2.12. The third kappa shape index (κ3) is 2.24. The van der Waals surface area contributed by atoms with Crippen LogP contribution in [-0.2, 0) is 4.79 Å². The maximum absolute atomic E-state index is 12.7. The number of nitrogens with two attached hydrogens (primary N) is 1. The van der Waals surface area contributed by atoms with Crippen LogP contribution in [0.15, 0.2) is 18.3 Å². The number of rotatable bonds is 3. The molecule has 1 heterocycles. The Kier molecular flexibility index (Phi) is 3.10. The average molecular weight is 200 g/mol. The second kappa shape index (κ2) is 4.12. The Balaban J connectivity index is 2.89. The molecule has 0 radical (unpaired) electrons. The Morgan fingerprint density at radius 3 is 2.79 bits per heavy atom. The molecular weight excluding hydrogens is 191 g/mol. The first-order chi connectivity index (χ1) is 6.52. The number of nitrogens with zero attached hydrogens (tertiary/aromatic N) is 1. The minimum atomic E-state index is -1.79. The summed E-state index contributed by atoms with van der Waals surface area (Å²) in [6.07, 6.45) is -0.636. The van der Waals surface area contributed by atoms with Crippen molar-refractivity contribution in [3.63, 3.8) is 0 Å². The van der Waals surface area contributed by atoms with Crippen LogP contribution in [0.3, 0.4) is 0 Å². The number of aromatic nitrogens is 1. The molecule has 1 aromatic heterocycles. The number of pyridine rings is 1. The Morgan fingerprint density at radius 1 is 1.64 bits per heavy atom. The molecule has 0 aliphatic rings. The highest BCUT2D eigenvalue weighted by molar-refractivity contribution is 5.73. The van der Waals surface area contributed by atoms with Gasteiger partial charge >= 0.3 is 5.97 Å². The molecule has 2 atom stereocenters. The maximum atomic E-state index is 12.7. The lowest BCUT2D eigenvalue weighted by Gasteiger charge is -2.13. The molecule has 0 fully saturated rings. The van der Waals surface area contributed by atoms with Gasteiger partial charge < -0.3 is 15.9 Å². The topological polar surface area (TPSA) is 96.4 Å². The summed E-state index contributed by atoms with van der Waals surface area (Å²) >= 11 is 0. The van der Waals surface area contributed by atoms with Gasteiger partial charge in [-0.2, -0.15) is 0 Å². The predicted molar refractivity (Wildman–Crippen MR) is 44.8 cm³/mol. The monoisotopic (exact) mass is 200 g/mol. The van der Waals surface area contributed by atoms with Gasteiger partial charge in [0.25, 0.3) is 0 Å². The lowest BCUT2D eigenvalue weighted by Crippen LogP contribution is -2.33. The Hall–Kier alpha value is -1.53. The molecule has 14 heavy (non-hydrogen) atoms. The summed E-state index contributed by atoms with van der Waals surface area (Å²) in [6, 6.07) is 0.850. The highest BCUT2D eigenvalue weighted by atomic mass is 19.1. The molecule has 6 heteroatoms. The molecule has 0 amide bonds. The van der Waals surface area contributed by atoms with E-state index in [0.717, 1.165) is 18.3 Å². The number of aliphatic carboxylic acids is 1. The van der Waals surface area contributed by atoms with Gasteiger partial charge in [-0.25, -0.2) is 9.18 Å². The van der Waals surface area contributed by atoms with Gasteiger partial charge in [0, 0.05) is 6.20 Å². The van der Waals surface area contributed by atoms with Crippen molar-refractivity contribution in [1.82, 2.24) is 4.98 Å². The van der Waals surface area contributed by atoms with E-state index in [4.69, 9.17) is 15.9 Å². The summed E-state index contributed by atoms with van der Waals surface area (Å²) in [4.78, 5) is 14.0. The van der Waals surface area contributed by atoms with Gasteiger partial charge in [0.1, 0.15) is 5.82 Å². The second-order valence-electron chi connectivity index (χ2n) is 2.71. The molecule has 5 nitrogen and oxygen atoms in total. The van der Waals surface area contributed by atoms with E-state index in [1.165, 1.54) is 0 Å². The first-order valence-electron chi connectivity index (χ1n) is 3.80. The molecule has 1 rings (SSSR count). The largest absolute Gasteiger partial charge is 0.479 e. The van der Waals surface area contributed by atoms with Crippen LogP contribution >= 0.6 is 0 Å². The van der Waals surface area contributed by atoms with Crippen molar-refractivity contribution in [3.8, 4) is 0 Å². The second-order valence-corrected chi connectivity index (χ2v) is 2.71. The van der Waals surface area contributed by atoms with E-state index in [1.54, 1.807) is 0 Å². The molecule has 0 unspecified atom stereocenters. The van der Waals surface area contributed by atoms with Crippen molar-refractivity contribution in [1.29, 1.82) is 0 Å². The fourth-order valence-corrected chi connectivity index (χ4v) is 0.919. The fourth-order valence-electron chi connectivity index (χ4n) is 0.919. The first kappa shape index (κ1) is 10.6. The quantitative estimate of drug-likeness (QED) is 0.620. The summed E-state index contributed by atoms with van der Waals surface area (Å²) in [5, 5.41) is 17.5. The minimum Gasteiger partial charge on any atom is -0.479 e. The van der Waals surface area contributed by atoms with Crippen molar-refractivity contribution in [2.45, 2.75) is 12.1 Å². The van der Waals surface area contributed by atoms with Crippen molar-refractivity contribution < 1.29 is 19.4 Å². The third-order valence-corrected chi connectivity index (χ3v) is 1.68. The highest BCUT2D eigenvalue weighted by Gasteiger charge is 2.24. The molecule has 4 N–H and O–H groups in total. The number of aliphatic hydroxyl groups excluding tert-OH is 1. The number of aliphatic hydroxyl groups is 1. The molecule has 0 saturated carbocycles. The molecule has 0 aromatic carbocycles. The van der Waals surface area contributed by atoms with Crippen molar-refractivity contribution in [2.24, 2.45) is 5.73 Å². The number of hydrogen-bond donors (Lipinski definition) is 3. The summed E-state index contributed by atoms with van der Waals surface area (Å²) in [5.41, 5.74) is 5.35. The zero-order valence-corrected chi connectivity index (χ0v) is 7.09. The number of carboxylic acids is 1. The van der Waals surface area contributed by atoms with Gasteiger partial charge in [-0.1, -0.05) is 0 Å². The molecule has 0 saturated heterocycles. The van der Waals surface area contributed by atoms with Gasteiger partial charge in [-0.15, -0.1) is 0 Å². The Morgan fingerprint density at radius 2 is 2.29 bits per heavy atom. The van der Waals surface area contributed by atoms with E-state index in [0.29, 0.717) is 0 Å². The zero-order valence-electron chi connectivity index (χ0n) is 7.09. The van der Waals surface area contributed by atoms with E-state index in [1.807, 2.05) is 0 Å². The Labute approximate surface area is 79.0 Å². The van der Waals surface area contributed by atoms with Gasteiger partial charge in [0.05, 0.1) is 11.7 Å².